The Morgan fingerprint density at radius 3 is 2.93 bits per heavy atom. The van der Waals surface area contributed by atoms with E-state index in [1.807, 2.05) is 19.9 Å². The highest BCUT2D eigenvalue weighted by Gasteiger charge is 2.00. The van der Waals surface area contributed by atoms with E-state index in [1.54, 1.807) is 12.4 Å². The van der Waals surface area contributed by atoms with Crippen molar-refractivity contribution in [3.63, 3.8) is 0 Å². The number of aryl methyl sites for hydroxylation is 1. The first kappa shape index (κ1) is 11.5. The number of nitrogens with zero attached hydrogens (tertiary/aromatic N) is 1. The Kier molecular flexibility index (Phi) is 4.60. The molecule has 0 unspecified atom stereocenters. The number of carbonyl (C=O) groups excluding carboxylic acids is 1. The summed E-state index contributed by atoms with van der Waals surface area (Å²) in [4.78, 5) is 15.2. The highest BCUT2D eigenvalue weighted by atomic mass is 16.2. The van der Waals surface area contributed by atoms with Crippen molar-refractivity contribution in [1.29, 1.82) is 0 Å². The third-order valence-corrected chi connectivity index (χ3v) is 2.11. The second-order valence-electron chi connectivity index (χ2n) is 3.41. The molecule has 0 spiro atoms. The summed E-state index contributed by atoms with van der Waals surface area (Å²) in [5.74, 6) is 0. The number of hydrogen-bond donors (Lipinski definition) is 2. The van der Waals surface area contributed by atoms with Gasteiger partial charge in [-0.05, 0) is 30.5 Å². The number of aromatic nitrogens is 1. The average molecular weight is 207 g/mol. The minimum absolute atomic E-state index is 0.118. The van der Waals surface area contributed by atoms with Crippen molar-refractivity contribution in [1.82, 2.24) is 15.6 Å². The highest BCUT2D eigenvalue weighted by molar-refractivity contribution is 5.73. The van der Waals surface area contributed by atoms with Crippen LogP contribution in [-0.4, -0.2) is 17.6 Å². The number of amides is 2. The van der Waals surface area contributed by atoms with Crippen LogP contribution in [0.5, 0.6) is 0 Å². The van der Waals surface area contributed by atoms with Crippen molar-refractivity contribution in [2.75, 3.05) is 6.54 Å². The standard InChI is InChI=1S/C11H17N3O/c1-3-5-13-11(15)14-8-10-4-6-12-7-9(10)2/h4,6-7H,3,5,8H2,1-2H3,(H2,13,14,15). The minimum Gasteiger partial charge on any atom is -0.338 e. The van der Waals surface area contributed by atoms with Gasteiger partial charge in [0.2, 0.25) is 0 Å². The summed E-state index contributed by atoms with van der Waals surface area (Å²) in [7, 11) is 0. The van der Waals surface area contributed by atoms with Crippen LogP contribution >= 0.6 is 0 Å². The summed E-state index contributed by atoms with van der Waals surface area (Å²) in [5.41, 5.74) is 2.19. The van der Waals surface area contributed by atoms with E-state index in [-0.39, 0.29) is 6.03 Å². The first-order chi connectivity index (χ1) is 7.24. The molecule has 15 heavy (non-hydrogen) atoms. The van der Waals surface area contributed by atoms with Crippen LogP contribution in [0, 0.1) is 6.92 Å². The zero-order valence-electron chi connectivity index (χ0n) is 9.21. The summed E-state index contributed by atoms with van der Waals surface area (Å²) in [6.07, 6.45) is 4.47. The predicted octanol–water partition coefficient (Wildman–Crippen LogP) is 1.60. The van der Waals surface area contributed by atoms with Crippen LogP contribution in [0.25, 0.3) is 0 Å². The number of hydrogen-bond acceptors (Lipinski definition) is 2. The molecule has 0 aliphatic rings. The molecule has 82 valence electrons. The molecule has 0 atom stereocenters. The van der Waals surface area contributed by atoms with E-state index in [1.165, 1.54) is 0 Å². The van der Waals surface area contributed by atoms with Crippen molar-refractivity contribution >= 4 is 6.03 Å². The molecular formula is C11H17N3O. The van der Waals surface area contributed by atoms with Crippen LogP contribution in [0.3, 0.4) is 0 Å². The monoisotopic (exact) mass is 207 g/mol. The first-order valence-corrected chi connectivity index (χ1v) is 5.15. The van der Waals surface area contributed by atoms with E-state index in [4.69, 9.17) is 0 Å². The van der Waals surface area contributed by atoms with Gasteiger partial charge in [0.1, 0.15) is 0 Å². The van der Waals surface area contributed by atoms with Gasteiger partial charge in [-0.2, -0.15) is 0 Å². The zero-order valence-corrected chi connectivity index (χ0v) is 9.21. The van der Waals surface area contributed by atoms with Gasteiger partial charge in [-0.3, -0.25) is 4.98 Å². The van der Waals surface area contributed by atoms with Gasteiger partial charge in [0.25, 0.3) is 0 Å². The molecule has 0 bridgehead atoms. The first-order valence-electron chi connectivity index (χ1n) is 5.15. The number of carbonyl (C=O) groups is 1. The Labute approximate surface area is 90.1 Å². The fourth-order valence-electron chi connectivity index (χ4n) is 1.18. The molecule has 1 rings (SSSR count). The fourth-order valence-corrected chi connectivity index (χ4v) is 1.18. The van der Waals surface area contributed by atoms with Crippen LogP contribution in [0.4, 0.5) is 4.79 Å². The van der Waals surface area contributed by atoms with Crippen molar-refractivity contribution in [2.24, 2.45) is 0 Å². The van der Waals surface area contributed by atoms with Gasteiger partial charge < -0.3 is 10.6 Å². The number of pyridine rings is 1. The Morgan fingerprint density at radius 1 is 1.47 bits per heavy atom. The third kappa shape index (κ3) is 3.97. The maximum absolute atomic E-state index is 11.2. The van der Waals surface area contributed by atoms with E-state index in [9.17, 15) is 4.79 Å². The van der Waals surface area contributed by atoms with E-state index in [0.717, 1.165) is 17.5 Å². The molecule has 0 saturated heterocycles. The molecule has 2 amide bonds. The predicted molar refractivity (Wildman–Crippen MR) is 59.5 cm³/mol. The van der Waals surface area contributed by atoms with E-state index in [0.29, 0.717) is 13.1 Å². The maximum Gasteiger partial charge on any atom is 0.315 e. The van der Waals surface area contributed by atoms with Crippen molar-refractivity contribution in [2.45, 2.75) is 26.8 Å². The summed E-state index contributed by atoms with van der Waals surface area (Å²) in [6.45, 7) is 5.26. The van der Waals surface area contributed by atoms with Crippen molar-refractivity contribution in [3.05, 3.63) is 29.6 Å². The van der Waals surface area contributed by atoms with Crippen LogP contribution in [-0.2, 0) is 6.54 Å². The second-order valence-corrected chi connectivity index (χ2v) is 3.41. The van der Waals surface area contributed by atoms with Gasteiger partial charge in [0.15, 0.2) is 0 Å². The molecule has 0 aliphatic carbocycles. The molecule has 0 aromatic carbocycles. The molecule has 4 heteroatoms. The number of urea groups is 1. The molecule has 0 radical (unpaired) electrons. The van der Waals surface area contributed by atoms with E-state index in [2.05, 4.69) is 15.6 Å². The van der Waals surface area contributed by atoms with Crippen LogP contribution in [0.1, 0.15) is 24.5 Å². The van der Waals surface area contributed by atoms with Gasteiger partial charge in [0, 0.05) is 25.5 Å². The molecule has 1 aromatic rings. The number of nitrogens with one attached hydrogen (secondary N) is 2. The third-order valence-electron chi connectivity index (χ3n) is 2.11. The van der Waals surface area contributed by atoms with Gasteiger partial charge >= 0.3 is 6.03 Å². The van der Waals surface area contributed by atoms with E-state index < -0.39 is 0 Å². The average Bonchev–Trinajstić information content (AvgIpc) is 2.25. The summed E-state index contributed by atoms with van der Waals surface area (Å²) in [5, 5.41) is 5.55. The van der Waals surface area contributed by atoms with Gasteiger partial charge in [-0.25, -0.2) is 4.79 Å². The van der Waals surface area contributed by atoms with Crippen LogP contribution in [0.2, 0.25) is 0 Å². The quantitative estimate of drug-likeness (QED) is 0.788. The number of rotatable bonds is 4. The van der Waals surface area contributed by atoms with Crippen LogP contribution in [0.15, 0.2) is 18.5 Å². The van der Waals surface area contributed by atoms with E-state index >= 15 is 0 Å². The molecule has 1 aromatic heterocycles. The van der Waals surface area contributed by atoms with Crippen molar-refractivity contribution in [3.8, 4) is 0 Å². The van der Waals surface area contributed by atoms with Gasteiger partial charge in [-0.1, -0.05) is 6.92 Å². The zero-order chi connectivity index (χ0) is 11.1. The second kappa shape index (κ2) is 6.01. The fraction of sp³-hybridized carbons (Fsp3) is 0.455. The Hall–Kier alpha value is -1.58. The highest BCUT2D eigenvalue weighted by Crippen LogP contribution is 2.03. The molecule has 0 saturated carbocycles. The molecule has 2 N–H and O–H groups in total. The Balaban J connectivity index is 2.37. The Bertz CT molecular complexity index is 325. The molecule has 0 aliphatic heterocycles. The normalized spacial score (nSPS) is 9.73. The lowest BCUT2D eigenvalue weighted by Crippen LogP contribution is -2.35. The minimum atomic E-state index is -0.118. The molecular weight excluding hydrogens is 190 g/mol. The topological polar surface area (TPSA) is 54.0 Å². The lowest BCUT2D eigenvalue weighted by Gasteiger charge is -2.08. The molecule has 4 nitrogen and oxygen atoms in total. The summed E-state index contributed by atoms with van der Waals surface area (Å²) >= 11 is 0. The van der Waals surface area contributed by atoms with Crippen LogP contribution < -0.4 is 10.6 Å². The summed E-state index contributed by atoms with van der Waals surface area (Å²) in [6, 6.07) is 1.79. The summed E-state index contributed by atoms with van der Waals surface area (Å²) < 4.78 is 0. The maximum atomic E-state index is 11.2. The van der Waals surface area contributed by atoms with Crippen molar-refractivity contribution < 1.29 is 4.79 Å². The smallest absolute Gasteiger partial charge is 0.315 e. The SMILES string of the molecule is CCCNC(=O)NCc1ccncc1C. The molecule has 0 fully saturated rings. The largest absolute Gasteiger partial charge is 0.338 e. The lowest BCUT2D eigenvalue weighted by molar-refractivity contribution is 0.240. The Morgan fingerprint density at radius 2 is 2.27 bits per heavy atom. The van der Waals surface area contributed by atoms with Gasteiger partial charge in [0.05, 0.1) is 0 Å². The van der Waals surface area contributed by atoms with Gasteiger partial charge in [-0.15, -0.1) is 0 Å². The lowest BCUT2D eigenvalue weighted by atomic mass is 10.1. The molecule has 1 heterocycles.